The predicted octanol–water partition coefficient (Wildman–Crippen LogP) is 2.82. The van der Waals surface area contributed by atoms with Crippen molar-refractivity contribution >= 4 is 33.3 Å². The number of pyridine rings is 1. The molecule has 1 rings (SSSR count). The zero-order chi connectivity index (χ0) is 11.1. The van der Waals surface area contributed by atoms with Crippen LogP contribution >= 0.6 is 27.5 Å². The zero-order valence-corrected chi connectivity index (χ0v) is 10.9. The Balaban J connectivity index is 2.34. The van der Waals surface area contributed by atoms with Crippen molar-refractivity contribution in [2.45, 2.75) is 6.92 Å². The lowest BCUT2D eigenvalue weighted by atomic mass is 10.3. The maximum Gasteiger partial charge on any atom is 0.140 e. The molecule has 0 atom stereocenters. The molecule has 0 unspecified atom stereocenters. The summed E-state index contributed by atoms with van der Waals surface area (Å²) < 4.78 is 6.24. The number of ether oxygens (including phenoxy) is 1. The van der Waals surface area contributed by atoms with Crippen molar-refractivity contribution in [1.82, 2.24) is 4.98 Å². The second-order valence-corrected chi connectivity index (χ2v) is 4.19. The van der Waals surface area contributed by atoms with E-state index in [1.54, 1.807) is 6.20 Å². The summed E-state index contributed by atoms with van der Waals surface area (Å²) in [5.41, 5.74) is 1.16. The van der Waals surface area contributed by atoms with E-state index in [2.05, 4.69) is 26.2 Å². The third-order valence-corrected chi connectivity index (χ3v) is 3.00. The number of rotatable bonds is 6. The van der Waals surface area contributed by atoms with Crippen LogP contribution in [0.1, 0.15) is 5.56 Å². The molecule has 0 aliphatic rings. The van der Waals surface area contributed by atoms with Crippen LogP contribution in [0.2, 0.25) is 0 Å². The van der Waals surface area contributed by atoms with Crippen LogP contribution in [0.3, 0.4) is 0 Å². The van der Waals surface area contributed by atoms with Gasteiger partial charge in [-0.3, -0.25) is 0 Å². The van der Waals surface area contributed by atoms with Crippen LogP contribution < -0.4 is 5.32 Å². The molecule has 5 heteroatoms. The van der Waals surface area contributed by atoms with E-state index in [4.69, 9.17) is 16.3 Å². The maximum absolute atomic E-state index is 5.48. The molecule has 1 aromatic heterocycles. The molecule has 3 nitrogen and oxygen atoms in total. The molecule has 0 saturated carbocycles. The van der Waals surface area contributed by atoms with E-state index in [1.165, 1.54) is 0 Å². The van der Waals surface area contributed by atoms with Crippen LogP contribution in [0, 0.1) is 6.92 Å². The smallest absolute Gasteiger partial charge is 0.140 e. The van der Waals surface area contributed by atoms with Gasteiger partial charge in [0.15, 0.2) is 0 Å². The Hall–Kier alpha value is -0.320. The Kier molecular flexibility index (Phi) is 5.98. The number of hydrogen-bond acceptors (Lipinski definition) is 3. The summed E-state index contributed by atoms with van der Waals surface area (Å²) in [6.07, 6.45) is 1.78. The van der Waals surface area contributed by atoms with Gasteiger partial charge in [-0.25, -0.2) is 4.98 Å². The fraction of sp³-hybridized carbons (Fsp3) is 0.500. The van der Waals surface area contributed by atoms with Crippen LogP contribution in [0.15, 0.2) is 16.7 Å². The third-order valence-electron chi connectivity index (χ3n) is 1.84. The topological polar surface area (TPSA) is 34.2 Å². The summed E-state index contributed by atoms with van der Waals surface area (Å²) >= 11 is 8.95. The van der Waals surface area contributed by atoms with Crippen LogP contribution in [0.4, 0.5) is 5.82 Å². The Morgan fingerprint density at radius 2 is 2.33 bits per heavy atom. The minimum absolute atomic E-state index is 0.534. The average molecular weight is 294 g/mol. The molecule has 84 valence electrons. The van der Waals surface area contributed by atoms with Crippen LogP contribution in [-0.2, 0) is 4.74 Å². The minimum Gasteiger partial charge on any atom is -0.378 e. The van der Waals surface area contributed by atoms with E-state index < -0.39 is 0 Å². The fourth-order valence-corrected chi connectivity index (χ4v) is 1.55. The first-order valence-corrected chi connectivity index (χ1v) is 6.07. The van der Waals surface area contributed by atoms with Crippen molar-refractivity contribution in [3.05, 3.63) is 22.3 Å². The van der Waals surface area contributed by atoms with Gasteiger partial charge in [0.05, 0.1) is 17.7 Å². The van der Waals surface area contributed by atoms with E-state index in [1.807, 2.05) is 13.0 Å². The lowest BCUT2D eigenvalue weighted by Crippen LogP contribution is -2.11. The minimum atomic E-state index is 0.534. The normalized spacial score (nSPS) is 10.3. The lowest BCUT2D eigenvalue weighted by Gasteiger charge is -2.08. The van der Waals surface area contributed by atoms with Crippen LogP contribution in [0.5, 0.6) is 0 Å². The molecule has 0 saturated heterocycles. The fourth-order valence-electron chi connectivity index (χ4n) is 1.06. The van der Waals surface area contributed by atoms with Gasteiger partial charge in [0, 0.05) is 18.6 Å². The molecular weight excluding hydrogens is 279 g/mol. The molecule has 0 fully saturated rings. The first-order valence-electron chi connectivity index (χ1n) is 4.74. The van der Waals surface area contributed by atoms with Crippen molar-refractivity contribution in [2.75, 3.05) is 31.0 Å². The quantitative estimate of drug-likeness (QED) is 0.647. The van der Waals surface area contributed by atoms with Crippen LogP contribution in [0.25, 0.3) is 0 Å². The van der Waals surface area contributed by atoms with Gasteiger partial charge in [0.1, 0.15) is 5.82 Å². The first kappa shape index (κ1) is 12.7. The van der Waals surface area contributed by atoms with Crippen LogP contribution in [-0.4, -0.2) is 30.6 Å². The molecule has 0 spiro atoms. The van der Waals surface area contributed by atoms with Crippen molar-refractivity contribution in [3.63, 3.8) is 0 Å². The monoisotopic (exact) mass is 292 g/mol. The van der Waals surface area contributed by atoms with Gasteiger partial charge >= 0.3 is 0 Å². The number of aromatic nitrogens is 1. The van der Waals surface area contributed by atoms with Gasteiger partial charge in [-0.2, -0.15) is 0 Å². The second kappa shape index (κ2) is 7.04. The largest absolute Gasteiger partial charge is 0.378 e. The van der Waals surface area contributed by atoms with E-state index >= 15 is 0 Å². The molecule has 1 heterocycles. The van der Waals surface area contributed by atoms with Gasteiger partial charge in [0.25, 0.3) is 0 Å². The summed E-state index contributed by atoms with van der Waals surface area (Å²) in [4.78, 5) is 4.22. The highest BCUT2D eigenvalue weighted by atomic mass is 79.9. The predicted molar refractivity (Wildman–Crippen MR) is 66.7 cm³/mol. The summed E-state index contributed by atoms with van der Waals surface area (Å²) in [5.74, 6) is 1.39. The number of nitrogens with zero attached hydrogens (tertiary/aromatic N) is 1. The molecule has 0 aromatic carbocycles. The Bertz CT molecular complexity index is 309. The molecule has 15 heavy (non-hydrogen) atoms. The van der Waals surface area contributed by atoms with E-state index in [-0.39, 0.29) is 0 Å². The number of hydrogen-bond donors (Lipinski definition) is 1. The summed E-state index contributed by atoms with van der Waals surface area (Å²) in [5, 5.41) is 3.19. The molecule has 0 aliphatic heterocycles. The van der Waals surface area contributed by atoms with Gasteiger partial charge in [0.2, 0.25) is 0 Å². The van der Waals surface area contributed by atoms with Crippen molar-refractivity contribution in [2.24, 2.45) is 0 Å². The molecule has 0 amide bonds. The SMILES string of the molecule is Cc1ccnc(NCCOCCCl)c1Br. The van der Waals surface area contributed by atoms with Gasteiger partial charge in [-0.15, -0.1) is 11.6 Å². The molecular formula is C10H14BrClN2O. The number of aryl methyl sites for hydroxylation is 1. The summed E-state index contributed by atoms with van der Waals surface area (Å²) in [6, 6.07) is 1.96. The first-order chi connectivity index (χ1) is 7.25. The standard InChI is InChI=1S/C10H14BrClN2O/c1-8-2-4-13-10(9(8)11)14-5-7-15-6-3-12/h2,4H,3,5-7H2,1H3,(H,13,14). The zero-order valence-electron chi connectivity index (χ0n) is 8.59. The molecule has 0 aliphatic carbocycles. The number of nitrogens with one attached hydrogen (secondary N) is 1. The Morgan fingerprint density at radius 3 is 3.07 bits per heavy atom. The number of anilines is 1. The Morgan fingerprint density at radius 1 is 1.53 bits per heavy atom. The van der Waals surface area contributed by atoms with E-state index in [0.717, 1.165) is 22.4 Å². The summed E-state index contributed by atoms with van der Waals surface area (Å²) in [7, 11) is 0. The molecule has 1 N–H and O–H groups in total. The molecule has 0 radical (unpaired) electrons. The van der Waals surface area contributed by atoms with E-state index in [9.17, 15) is 0 Å². The molecule has 0 bridgehead atoms. The number of alkyl halides is 1. The summed E-state index contributed by atoms with van der Waals surface area (Å²) in [6.45, 7) is 3.98. The van der Waals surface area contributed by atoms with Gasteiger partial charge in [-0.1, -0.05) is 0 Å². The number of halogens is 2. The highest BCUT2D eigenvalue weighted by Gasteiger charge is 2.02. The highest BCUT2D eigenvalue weighted by molar-refractivity contribution is 9.10. The second-order valence-electron chi connectivity index (χ2n) is 3.02. The molecule has 1 aromatic rings. The van der Waals surface area contributed by atoms with Gasteiger partial charge in [-0.05, 0) is 34.5 Å². The van der Waals surface area contributed by atoms with Crippen molar-refractivity contribution in [1.29, 1.82) is 0 Å². The third kappa shape index (κ3) is 4.36. The van der Waals surface area contributed by atoms with E-state index in [0.29, 0.717) is 19.1 Å². The van der Waals surface area contributed by atoms with Crippen molar-refractivity contribution < 1.29 is 4.74 Å². The highest BCUT2D eigenvalue weighted by Crippen LogP contribution is 2.22. The lowest BCUT2D eigenvalue weighted by molar-refractivity contribution is 0.160. The maximum atomic E-state index is 5.48. The van der Waals surface area contributed by atoms with Gasteiger partial charge < -0.3 is 10.1 Å². The Labute approximate surface area is 103 Å². The van der Waals surface area contributed by atoms with Crippen molar-refractivity contribution in [3.8, 4) is 0 Å². The average Bonchev–Trinajstić information content (AvgIpc) is 2.24.